The number of fused-ring (bicyclic) bond motifs is 1. The molecule has 0 bridgehead atoms. The van der Waals surface area contributed by atoms with Gasteiger partial charge in [-0.1, -0.05) is 29.8 Å². The van der Waals surface area contributed by atoms with Gasteiger partial charge in [-0.2, -0.15) is 0 Å². The first-order valence-corrected chi connectivity index (χ1v) is 10.5. The molecule has 32 heavy (non-hydrogen) atoms. The number of hydrogen-bond acceptors (Lipinski definition) is 4. The zero-order chi connectivity index (χ0) is 22.8. The topological polar surface area (TPSA) is 68.5 Å². The number of carbonyl (C=O) groups excluding carboxylic acids is 1. The van der Waals surface area contributed by atoms with Gasteiger partial charge in [0.05, 0.1) is 5.39 Å². The van der Waals surface area contributed by atoms with Crippen LogP contribution in [0.1, 0.15) is 16.7 Å². The molecule has 1 heterocycles. The minimum absolute atomic E-state index is 0.0141. The van der Waals surface area contributed by atoms with Crippen LogP contribution in [0.25, 0.3) is 22.3 Å². The number of aryl methyl sites for hydroxylation is 3. The van der Waals surface area contributed by atoms with Gasteiger partial charge in [0, 0.05) is 16.3 Å². The zero-order valence-electron chi connectivity index (χ0n) is 18.0. The van der Waals surface area contributed by atoms with Gasteiger partial charge < -0.3 is 14.5 Å². The van der Waals surface area contributed by atoms with E-state index in [1.54, 1.807) is 36.4 Å². The second-order valence-corrected chi connectivity index (χ2v) is 8.19. The molecule has 0 atom stereocenters. The van der Waals surface area contributed by atoms with E-state index in [9.17, 15) is 9.59 Å². The first kappa shape index (κ1) is 21.7. The van der Waals surface area contributed by atoms with Gasteiger partial charge in [0.1, 0.15) is 5.58 Å². The fourth-order valence-corrected chi connectivity index (χ4v) is 3.53. The third-order valence-electron chi connectivity index (χ3n) is 5.13. The number of amides is 1. The molecule has 6 heteroatoms. The number of nitrogens with one attached hydrogen (secondary N) is 1. The van der Waals surface area contributed by atoms with E-state index in [-0.39, 0.29) is 29.5 Å². The summed E-state index contributed by atoms with van der Waals surface area (Å²) in [7, 11) is 0. The Kier molecular flexibility index (Phi) is 6.01. The highest BCUT2D eigenvalue weighted by Crippen LogP contribution is 2.32. The molecule has 0 fully saturated rings. The maximum atomic E-state index is 13.2. The van der Waals surface area contributed by atoms with Crippen LogP contribution in [0.4, 0.5) is 5.69 Å². The van der Waals surface area contributed by atoms with E-state index in [1.807, 2.05) is 45.0 Å². The molecule has 0 aliphatic carbocycles. The van der Waals surface area contributed by atoms with Crippen LogP contribution in [0, 0.1) is 20.8 Å². The number of hydrogen-bond donors (Lipinski definition) is 1. The highest BCUT2D eigenvalue weighted by Gasteiger charge is 2.19. The Morgan fingerprint density at radius 1 is 0.969 bits per heavy atom. The van der Waals surface area contributed by atoms with Gasteiger partial charge in [0.15, 0.2) is 12.4 Å². The quantitative estimate of drug-likeness (QED) is 0.404. The summed E-state index contributed by atoms with van der Waals surface area (Å²) in [6, 6.07) is 18.0. The fraction of sp³-hybridized carbons (Fsp3) is 0.154. The predicted molar refractivity (Wildman–Crippen MR) is 128 cm³/mol. The van der Waals surface area contributed by atoms with Crippen molar-refractivity contribution in [1.29, 1.82) is 0 Å². The number of benzene rings is 3. The van der Waals surface area contributed by atoms with Crippen molar-refractivity contribution >= 4 is 34.2 Å². The van der Waals surface area contributed by atoms with Crippen molar-refractivity contribution < 1.29 is 13.9 Å². The van der Waals surface area contributed by atoms with Crippen molar-refractivity contribution in [2.75, 3.05) is 11.9 Å². The van der Waals surface area contributed by atoms with Gasteiger partial charge in [-0.25, -0.2) is 0 Å². The van der Waals surface area contributed by atoms with E-state index in [0.717, 1.165) is 16.7 Å². The molecular weight excluding hydrogens is 426 g/mol. The van der Waals surface area contributed by atoms with Crippen molar-refractivity contribution in [3.8, 4) is 17.1 Å². The predicted octanol–water partition coefficient (Wildman–Crippen LogP) is 6.06. The van der Waals surface area contributed by atoms with Crippen LogP contribution in [0.3, 0.4) is 0 Å². The first-order valence-electron chi connectivity index (χ1n) is 10.1. The Hall–Kier alpha value is -3.57. The lowest BCUT2D eigenvalue weighted by Gasteiger charge is -2.13. The molecule has 3 aromatic carbocycles. The number of ether oxygens (including phenoxy) is 1. The molecule has 162 valence electrons. The van der Waals surface area contributed by atoms with Crippen LogP contribution >= 0.6 is 11.6 Å². The maximum Gasteiger partial charge on any atom is 0.262 e. The Balaban J connectivity index is 1.69. The molecular formula is C26H22ClNO4. The average Bonchev–Trinajstić information content (AvgIpc) is 2.76. The summed E-state index contributed by atoms with van der Waals surface area (Å²) in [5, 5.41) is 3.78. The lowest BCUT2D eigenvalue weighted by Crippen LogP contribution is -2.23. The first-order chi connectivity index (χ1) is 15.3. The molecule has 0 radical (unpaired) electrons. The molecule has 4 aromatic rings. The average molecular weight is 448 g/mol. The highest BCUT2D eigenvalue weighted by molar-refractivity contribution is 6.30. The third kappa shape index (κ3) is 4.53. The monoisotopic (exact) mass is 447 g/mol. The summed E-state index contributed by atoms with van der Waals surface area (Å²) in [6.07, 6.45) is 0. The van der Waals surface area contributed by atoms with Crippen molar-refractivity contribution in [2.24, 2.45) is 0 Å². The van der Waals surface area contributed by atoms with Crippen LogP contribution < -0.4 is 15.5 Å². The molecule has 0 aliphatic rings. The maximum absolute atomic E-state index is 13.2. The minimum atomic E-state index is -0.371. The van der Waals surface area contributed by atoms with Gasteiger partial charge in [-0.05, 0) is 79.9 Å². The molecule has 0 saturated carbocycles. The van der Waals surface area contributed by atoms with Crippen LogP contribution in [0.15, 0.2) is 69.9 Å². The van der Waals surface area contributed by atoms with E-state index >= 15 is 0 Å². The van der Waals surface area contributed by atoms with Crippen molar-refractivity contribution in [1.82, 2.24) is 0 Å². The number of rotatable bonds is 5. The summed E-state index contributed by atoms with van der Waals surface area (Å²) >= 11 is 6.01. The molecule has 1 amide bonds. The Morgan fingerprint density at radius 2 is 1.66 bits per heavy atom. The second kappa shape index (κ2) is 8.89. The standard InChI is InChI=1S/C26H22ClNO4/c1-15-4-6-17(3)21(12-15)28-23(29)14-31-26-24(30)20-11-5-16(2)13-22(20)32-25(26)18-7-9-19(27)10-8-18/h4-13H,14H2,1-3H3,(H,28,29). The lowest BCUT2D eigenvalue weighted by atomic mass is 10.1. The van der Waals surface area contributed by atoms with Gasteiger partial charge in [0.2, 0.25) is 11.2 Å². The number of halogens is 1. The van der Waals surface area contributed by atoms with E-state index in [2.05, 4.69) is 5.32 Å². The van der Waals surface area contributed by atoms with Crippen molar-refractivity contribution in [3.05, 3.63) is 92.6 Å². The van der Waals surface area contributed by atoms with Crippen LogP contribution in [0.2, 0.25) is 5.02 Å². The van der Waals surface area contributed by atoms with E-state index in [1.165, 1.54) is 0 Å². The molecule has 1 N–H and O–H groups in total. The van der Waals surface area contributed by atoms with Gasteiger partial charge in [-0.3, -0.25) is 9.59 Å². The summed E-state index contributed by atoms with van der Waals surface area (Å²) in [5.41, 5.74) is 4.37. The number of anilines is 1. The molecule has 5 nitrogen and oxygen atoms in total. The molecule has 0 saturated heterocycles. The Bertz CT molecular complexity index is 1370. The highest BCUT2D eigenvalue weighted by atomic mass is 35.5. The van der Waals surface area contributed by atoms with E-state index in [4.69, 9.17) is 20.8 Å². The van der Waals surface area contributed by atoms with E-state index in [0.29, 0.717) is 27.2 Å². The van der Waals surface area contributed by atoms with Crippen molar-refractivity contribution in [3.63, 3.8) is 0 Å². The second-order valence-electron chi connectivity index (χ2n) is 7.75. The largest absolute Gasteiger partial charge is 0.476 e. The Morgan fingerprint density at radius 3 is 2.41 bits per heavy atom. The summed E-state index contributed by atoms with van der Waals surface area (Å²) in [4.78, 5) is 25.8. The SMILES string of the molecule is Cc1ccc(C)c(NC(=O)COc2c(-c3ccc(Cl)cc3)oc3cc(C)ccc3c2=O)c1. The molecule has 0 spiro atoms. The van der Waals surface area contributed by atoms with Crippen LogP contribution in [0.5, 0.6) is 5.75 Å². The molecule has 4 rings (SSSR count). The lowest BCUT2D eigenvalue weighted by molar-refractivity contribution is -0.118. The van der Waals surface area contributed by atoms with E-state index < -0.39 is 0 Å². The van der Waals surface area contributed by atoms with Crippen LogP contribution in [-0.4, -0.2) is 12.5 Å². The summed E-state index contributed by atoms with van der Waals surface area (Å²) < 4.78 is 11.8. The normalized spacial score (nSPS) is 10.9. The Labute approximate surface area is 190 Å². The zero-order valence-corrected chi connectivity index (χ0v) is 18.7. The molecule has 0 aliphatic heterocycles. The minimum Gasteiger partial charge on any atom is -0.476 e. The fourth-order valence-electron chi connectivity index (χ4n) is 3.40. The molecule has 1 aromatic heterocycles. The van der Waals surface area contributed by atoms with Crippen LogP contribution in [-0.2, 0) is 4.79 Å². The van der Waals surface area contributed by atoms with Gasteiger partial charge in [0.25, 0.3) is 5.91 Å². The summed E-state index contributed by atoms with van der Waals surface area (Å²) in [6.45, 7) is 5.44. The van der Waals surface area contributed by atoms with Gasteiger partial charge in [-0.15, -0.1) is 0 Å². The van der Waals surface area contributed by atoms with Gasteiger partial charge >= 0.3 is 0 Å². The number of carbonyl (C=O) groups is 1. The van der Waals surface area contributed by atoms with Crippen molar-refractivity contribution in [2.45, 2.75) is 20.8 Å². The third-order valence-corrected chi connectivity index (χ3v) is 5.38. The smallest absolute Gasteiger partial charge is 0.262 e. The summed E-state index contributed by atoms with van der Waals surface area (Å²) in [5.74, 6) is -0.131. The molecule has 0 unspecified atom stereocenters.